The summed E-state index contributed by atoms with van der Waals surface area (Å²) in [5.41, 5.74) is 0. The van der Waals surface area contributed by atoms with Crippen LogP contribution in [0.25, 0.3) is 0 Å². The number of aliphatic hydroxyl groups is 3. The summed E-state index contributed by atoms with van der Waals surface area (Å²) in [6, 6.07) is 0. The number of hydrogen-bond acceptors (Lipinski definition) is 4. The first-order valence-corrected chi connectivity index (χ1v) is 3.73. The van der Waals surface area contributed by atoms with Crippen LogP contribution in [-0.2, 0) is 4.74 Å². The Labute approximate surface area is 65.4 Å². The molecule has 0 aromatic heterocycles. The molecule has 5 atom stereocenters. The lowest BCUT2D eigenvalue weighted by Crippen LogP contribution is -2.55. The Balaban J connectivity index is 2.63. The summed E-state index contributed by atoms with van der Waals surface area (Å²) in [7, 11) is 0. The first-order valence-electron chi connectivity index (χ1n) is 3.73. The number of ether oxygens (including phenoxy) is 1. The number of hydrogen-bond donors (Lipinski definition) is 3. The van der Waals surface area contributed by atoms with Crippen molar-refractivity contribution in [2.45, 2.75) is 44.4 Å². The molecule has 0 saturated carbocycles. The number of aliphatic hydroxyl groups excluding tert-OH is 3. The van der Waals surface area contributed by atoms with Crippen LogP contribution in [0.3, 0.4) is 0 Å². The third-order valence-corrected chi connectivity index (χ3v) is 2.09. The molecule has 11 heavy (non-hydrogen) atoms. The highest BCUT2D eigenvalue weighted by molar-refractivity contribution is 4.88. The van der Waals surface area contributed by atoms with Gasteiger partial charge in [0.1, 0.15) is 18.3 Å². The molecule has 0 bridgehead atoms. The molecule has 0 aromatic carbocycles. The quantitative estimate of drug-likeness (QED) is 0.422. The maximum Gasteiger partial charge on any atom is 0.111 e. The zero-order valence-electron chi connectivity index (χ0n) is 6.64. The molecule has 4 nitrogen and oxygen atoms in total. The van der Waals surface area contributed by atoms with Gasteiger partial charge < -0.3 is 20.1 Å². The standard InChI is InChI=1S/C7H14O4/c1-3-5(8)7(10)6(9)4(2)11-3/h3-10H,1-2H3/t3-,4?,5+,6?,7?/m1/s1. The summed E-state index contributed by atoms with van der Waals surface area (Å²) in [4.78, 5) is 0. The van der Waals surface area contributed by atoms with Crippen molar-refractivity contribution >= 4 is 0 Å². The fourth-order valence-corrected chi connectivity index (χ4v) is 1.26. The molecule has 0 aromatic rings. The van der Waals surface area contributed by atoms with E-state index in [0.29, 0.717) is 0 Å². The van der Waals surface area contributed by atoms with Crippen LogP contribution in [0.15, 0.2) is 0 Å². The van der Waals surface area contributed by atoms with Gasteiger partial charge in [-0.15, -0.1) is 0 Å². The minimum atomic E-state index is -1.09. The van der Waals surface area contributed by atoms with Gasteiger partial charge in [-0.05, 0) is 13.8 Å². The molecule has 0 spiro atoms. The van der Waals surface area contributed by atoms with Gasteiger partial charge in [0, 0.05) is 0 Å². The summed E-state index contributed by atoms with van der Waals surface area (Å²) in [5.74, 6) is 0. The molecule has 1 saturated heterocycles. The van der Waals surface area contributed by atoms with E-state index in [1.165, 1.54) is 0 Å². The fraction of sp³-hybridized carbons (Fsp3) is 1.00. The van der Waals surface area contributed by atoms with Gasteiger partial charge in [-0.25, -0.2) is 0 Å². The third-order valence-electron chi connectivity index (χ3n) is 2.09. The van der Waals surface area contributed by atoms with Gasteiger partial charge in [-0.2, -0.15) is 0 Å². The second-order valence-electron chi connectivity index (χ2n) is 3.02. The maximum absolute atomic E-state index is 9.21. The predicted molar refractivity (Wildman–Crippen MR) is 38.0 cm³/mol. The molecule has 0 amide bonds. The Hall–Kier alpha value is -0.160. The molecule has 1 fully saturated rings. The molecule has 0 aliphatic carbocycles. The van der Waals surface area contributed by atoms with Gasteiger partial charge in [0.2, 0.25) is 0 Å². The van der Waals surface area contributed by atoms with Gasteiger partial charge in [0.25, 0.3) is 0 Å². The van der Waals surface area contributed by atoms with Crippen LogP contribution < -0.4 is 0 Å². The van der Waals surface area contributed by atoms with Crippen molar-refractivity contribution in [2.24, 2.45) is 0 Å². The molecule has 1 aliphatic heterocycles. The second-order valence-corrected chi connectivity index (χ2v) is 3.02. The van der Waals surface area contributed by atoms with E-state index in [1.54, 1.807) is 13.8 Å². The summed E-state index contributed by atoms with van der Waals surface area (Å²) < 4.78 is 5.12. The SMILES string of the molecule is CC1O[C@H](C)[C@H](O)C(O)C1O. The Morgan fingerprint density at radius 3 is 1.55 bits per heavy atom. The second kappa shape index (κ2) is 3.06. The highest BCUT2D eigenvalue weighted by atomic mass is 16.5. The Morgan fingerprint density at radius 1 is 0.818 bits per heavy atom. The monoisotopic (exact) mass is 162 g/mol. The summed E-state index contributed by atoms with van der Waals surface area (Å²) in [6.45, 7) is 3.33. The van der Waals surface area contributed by atoms with Gasteiger partial charge in [0.05, 0.1) is 12.2 Å². The molecule has 1 heterocycles. The highest BCUT2D eigenvalue weighted by Gasteiger charge is 2.39. The van der Waals surface area contributed by atoms with Crippen LogP contribution in [0, 0.1) is 0 Å². The number of rotatable bonds is 0. The van der Waals surface area contributed by atoms with Crippen LogP contribution in [-0.4, -0.2) is 45.8 Å². The average Bonchev–Trinajstić information content (AvgIpc) is 1.97. The van der Waals surface area contributed by atoms with E-state index in [-0.39, 0.29) is 0 Å². The Morgan fingerprint density at radius 2 is 1.18 bits per heavy atom. The van der Waals surface area contributed by atoms with Crippen molar-refractivity contribution in [1.29, 1.82) is 0 Å². The first kappa shape index (κ1) is 8.93. The Kier molecular flexibility index (Phi) is 2.49. The van der Waals surface area contributed by atoms with E-state index in [9.17, 15) is 15.3 Å². The van der Waals surface area contributed by atoms with E-state index < -0.39 is 30.5 Å². The molecule has 4 heteroatoms. The lowest BCUT2D eigenvalue weighted by Gasteiger charge is -2.37. The van der Waals surface area contributed by atoms with Crippen LogP contribution in [0.5, 0.6) is 0 Å². The van der Waals surface area contributed by atoms with Crippen molar-refractivity contribution in [2.75, 3.05) is 0 Å². The van der Waals surface area contributed by atoms with Gasteiger partial charge in [-0.3, -0.25) is 0 Å². The summed E-state index contributed by atoms with van der Waals surface area (Å²) in [5, 5.41) is 27.6. The topological polar surface area (TPSA) is 69.9 Å². The predicted octanol–water partition coefficient (Wildman–Crippen LogP) is -1.12. The Bertz CT molecular complexity index is 124. The van der Waals surface area contributed by atoms with Crippen molar-refractivity contribution in [1.82, 2.24) is 0 Å². The first-order chi connectivity index (χ1) is 5.04. The third kappa shape index (κ3) is 1.54. The van der Waals surface area contributed by atoms with E-state index >= 15 is 0 Å². The van der Waals surface area contributed by atoms with E-state index in [2.05, 4.69) is 0 Å². The zero-order valence-corrected chi connectivity index (χ0v) is 6.64. The molecule has 1 aliphatic rings. The van der Waals surface area contributed by atoms with E-state index in [4.69, 9.17) is 4.74 Å². The largest absolute Gasteiger partial charge is 0.388 e. The van der Waals surface area contributed by atoms with Crippen molar-refractivity contribution < 1.29 is 20.1 Å². The van der Waals surface area contributed by atoms with E-state index in [0.717, 1.165) is 0 Å². The van der Waals surface area contributed by atoms with Crippen LogP contribution in [0.2, 0.25) is 0 Å². The normalized spacial score (nSPS) is 52.6. The summed E-state index contributed by atoms with van der Waals surface area (Å²) in [6.07, 6.45) is -3.89. The molecule has 3 unspecified atom stereocenters. The van der Waals surface area contributed by atoms with Gasteiger partial charge in [0.15, 0.2) is 0 Å². The molecule has 3 N–H and O–H groups in total. The smallest absolute Gasteiger partial charge is 0.111 e. The zero-order chi connectivity index (χ0) is 8.59. The lowest BCUT2D eigenvalue weighted by atomic mass is 9.97. The van der Waals surface area contributed by atoms with Crippen LogP contribution in [0.1, 0.15) is 13.8 Å². The molecular formula is C7H14O4. The fourth-order valence-electron chi connectivity index (χ4n) is 1.26. The summed E-state index contributed by atoms with van der Waals surface area (Å²) >= 11 is 0. The minimum absolute atomic E-state index is 0.414. The maximum atomic E-state index is 9.21. The van der Waals surface area contributed by atoms with Crippen molar-refractivity contribution in [3.63, 3.8) is 0 Å². The molecule has 66 valence electrons. The molecule has 0 radical (unpaired) electrons. The lowest BCUT2D eigenvalue weighted by molar-refractivity contribution is -0.211. The minimum Gasteiger partial charge on any atom is -0.388 e. The van der Waals surface area contributed by atoms with Crippen LogP contribution in [0.4, 0.5) is 0 Å². The van der Waals surface area contributed by atoms with Crippen molar-refractivity contribution in [3.05, 3.63) is 0 Å². The van der Waals surface area contributed by atoms with E-state index in [1.807, 2.05) is 0 Å². The highest BCUT2D eigenvalue weighted by Crippen LogP contribution is 2.19. The molecular weight excluding hydrogens is 148 g/mol. The van der Waals surface area contributed by atoms with Crippen LogP contribution >= 0.6 is 0 Å². The van der Waals surface area contributed by atoms with Crippen molar-refractivity contribution in [3.8, 4) is 0 Å². The molecule has 1 rings (SSSR count). The van der Waals surface area contributed by atoms with Gasteiger partial charge >= 0.3 is 0 Å². The van der Waals surface area contributed by atoms with Gasteiger partial charge in [-0.1, -0.05) is 0 Å². The average molecular weight is 162 g/mol.